The summed E-state index contributed by atoms with van der Waals surface area (Å²) in [5.41, 5.74) is 2.51. The summed E-state index contributed by atoms with van der Waals surface area (Å²) in [5.74, 6) is 0. The van der Waals surface area contributed by atoms with Gasteiger partial charge in [-0.2, -0.15) is 5.10 Å². The van der Waals surface area contributed by atoms with Gasteiger partial charge in [0, 0.05) is 51.0 Å². The Morgan fingerprint density at radius 2 is 2.31 bits per heavy atom. The molecule has 1 fully saturated rings. The minimum atomic E-state index is 0. The third-order valence-corrected chi connectivity index (χ3v) is 3.13. The minimum Gasteiger partial charge on any atom is -0.314 e. The highest BCUT2D eigenvalue weighted by molar-refractivity contribution is 5.85. The van der Waals surface area contributed by atoms with Crippen molar-refractivity contribution in [3.05, 3.63) is 17.5 Å². The number of nitrogens with zero attached hydrogens (tertiary/aromatic N) is 3. The van der Waals surface area contributed by atoms with Crippen molar-refractivity contribution < 1.29 is 0 Å². The number of rotatable bonds is 2. The molecule has 0 radical (unpaired) electrons. The van der Waals surface area contributed by atoms with Gasteiger partial charge in [-0.25, -0.2) is 0 Å². The Kier molecular flexibility index (Phi) is 4.77. The SMILES string of the molecule is Cc1nn(C)cc1CN1CCNCC1C.Cl. The van der Waals surface area contributed by atoms with Crippen molar-refractivity contribution in [2.24, 2.45) is 7.05 Å². The van der Waals surface area contributed by atoms with Crippen LogP contribution >= 0.6 is 12.4 Å². The Morgan fingerprint density at radius 1 is 1.56 bits per heavy atom. The Hall–Kier alpha value is -0.580. The minimum absolute atomic E-state index is 0. The number of nitrogens with one attached hydrogen (secondary N) is 1. The summed E-state index contributed by atoms with van der Waals surface area (Å²) in [5, 5.41) is 7.78. The smallest absolute Gasteiger partial charge is 0.0638 e. The highest BCUT2D eigenvalue weighted by atomic mass is 35.5. The monoisotopic (exact) mass is 244 g/mol. The third kappa shape index (κ3) is 2.97. The molecule has 0 aliphatic carbocycles. The van der Waals surface area contributed by atoms with Gasteiger partial charge in [0.05, 0.1) is 5.69 Å². The number of piperazine rings is 1. The molecule has 1 saturated heterocycles. The first-order chi connectivity index (χ1) is 7.16. The first-order valence-corrected chi connectivity index (χ1v) is 5.60. The molecular weight excluding hydrogens is 224 g/mol. The normalized spacial score (nSPS) is 21.8. The van der Waals surface area contributed by atoms with Crippen LogP contribution in [0.3, 0.4) is 0 Å². The molecule has 1 aromatic heterocycles. The van der Waals surface area contributed by atoms with Crippen molar-refractivity contribution in [1.82, 2.24) is 20.0 Å². The van der Waals surface area contributed by atoms with Gasteiger partial charge in [0.25, 0.3) is 0 Å². The lowest BCUT2D eigenvalue weighted by Gasteiger charge is -2.33. The van der Waals surface area contributed by atoms with E-state index < -0.39 is 0 Å². The van der Waals surface area contributed by atoms with Gasteiger partial charge < -0.3 is 5.32 Å². The molecule has 0 bridgehead atoms. The van der Waals surface area contributed by atoms with E-state index in [1.807, 2.05) is 11.7 Å². The largest absolute Gasteiger partial charge is 0.314 e. The van der Waals surface area contributed by atoms with Crippen LogP contribution < -0.4 is 5.32 Å². The van der Waals surface area contributed by atoms with Gasteiger partial charge in [0.1, 0.15) is 0 Å². The predicted molar refractivity (Wildman–Crippen MR) is 67.9 cm³/mol. The van der Waals surface area contributed by atoms with E-state index >= 15 is 0 Å². The second-order valence-electron chi connectivity index (χ2n) is 4.44. The summed E-state index contributed by atoms with van der Waals surface area (Å²) in [7, 11) is 1.98. The molecule has 1 unspecified atom stereocenters. The van der Waals surface area contributed by atoms with Crippen LogP contribution in [0.2, 0.25) is 0 Å². The van der Waals surface area contributed by atoms with Crippen LogP contribution in [-0.4, -0.2) is 40.4 Å². The molecule has 1 aliphatic heterocycles. The number of aryl methyl sites for hydroxylation is 2. The maximum atomic E-state index is 4.38. The number of halogens is 1. The summed E-state index contributed by atoms with van der Waals surface area (Å²) in [6, 6.07) is 0.623. The lowest BCUT2D eigenvalue weighted by molar-refractivity contribution is 0.165. The summed E-state index contributed by atoms with van der Waals surface area (Å²) in [6.07, 6.45) is 2.13. The van der Waals surface area contributed by atoms with Crippen molar-refractivity contribution in [2.45, 2.75) is 26.4 Å². The summed E-state index contributed by atoms with van der Waals surface area (Å²) >= 11 is 0. The van der Waals surface area contributed by atoms with Gasteiger partial charge >= 0.3 is 0 Å². The molecule has 0 amide bonds. The van der Waals surface area contributed by atoms with Crippen LogP contribution in [0.4, 0.5) is 0 Å². The molecule has 1 aliphatic rings. The number of hydrogen-bond acceptors (Lipinski definition) is 3. The molecule has 0 saturated carbocycles. The van der Waals surface area contributed by atoms with Gasteiger partial charge in [0.2, 0.25) is 0 Å². The molecule has 16 heavy (non-hydrogen) atoms. The molecule has 0 aromatic carbocycles. The predicted octanol–water partition coefficient (Wildman–Crippen LogP) is 0.944. The Labute approximate surface area is 103 Å². The first-order valence-electron chi connectivity index (χ1n) is 5.60. The van der Waals surface area contributed by atoms with Crippen molar-refractivity contribution in [1.29, 1.82) is 0 Å². The fourth-order valence-corrected chi connectivity index (χ4v) is 2.14. The molecule has 92 valence electrons. The molecule has 2 rings (SSSR count). The molecule has 0 spiro atoms. The third-order valence-electron chi connectivity index (χ3n) is 3.13. The Bertz CT molecular complexity index is 337. The van der Waals surface area contributed by atoms with E-state index in [0.29, 0.717) is 6.04 Å². The fraction of sp³-hybridized carbons (Fsp3) is 0.727. The van der Waals surface area contributed by atoms with Crippen LogP contribution in [0.5, 0.6) is 0 Å². The highest BCUT2D eigenvalue weighted by Gasteiger charge is 2.19. The second kappa shape index (κ2) is 5.66. The van der Waals surface area contributed by atoms with Crippen molar-refractivity contribution in [3.63, 3.8) is 0 Å². The maximum Gasteiger partial charge on any atom is 0.0638 e. The average Bonchev–Trinajstić information content (AvgIpc) is 2.49. The van der Waals surface area contributed by atoms with E-state index in [1.54, 1.807) is 0 Å². The van der Waals surface area contributed by atoms with Gasteiger partial charge in [-0.3, -0.25) is 9.58 Å². The van der Waals surface area contributed by atoms with E-state index in [4.69, 9.17) is 0 Å². The van der Waals surface area contributed by atoms with Crippen LogP contribution in [0.1, 0.15) is 18.2 Å². The molecule has 1 N–H and O–H groups in total. The molecule has 5 heteroatoms. The van der Waals surface area contributed by atoms with E-state index in [-0.39, 0.29) is 12.4 Å². The van der Waals surface area contributed by atoms with E-state index in [2.05, 4.69) is 35.4 Å². The van der Waals surface area contributed by atoms with Gasteiger partial charge in [-0.1, -0.05) is 0 Å². The number of aromatic nitrogens is 2. The summed E-state index contributed by atoms with van der Waals surface area (Å²) in [6.45, 7) is 8.72. The first kappa shape index (κ1) is 13.5. The van der Waals surface area contributed by atoms with E-state index in [1.165, 1.54) is 5.56 Å². The zero-order valence-corrected chi connectivity index (χ0v) is 11.0. The zero-order valence-electron chi connectivity index (χ0n) is 10.2. The van der Waals surface area contributed by atoms with Crippen LogP contribution in [0, 0.1) is 6.92 Å². The highest BCUT2D eigenvalue weighted by Crippen LogP contribution is 2.12. The zero-order chi connectivity index (χ0) is 10.8. The lowest BCUT2D eigenvalue weighted by atomic mass is 10.1. The van der Waals surface area contributed by atoms with Crippen molar-refractivity contribution >= 4 is 12.4 Å². The van der Waals surface area contributed by atoms with Gasteiger partial charge in [-0.15, -0.1) is 12.4 Å². The fourth-order valence-electron chi connectivity index (χ4n) is 2.14. The van der Waals surface area contributed by atoms with E-state index in [9.17, 15) is 0 Å². The summed E-state index contributed by atoms with van der Waals surface area (Å²) < 4.78 is 1.90. The topological polar surface area (TPSA) is 33.1 Å². The maximum absolute atomic E-state index is 4.38. The summed E-state index contributed by atoms with van der Waals surface area (Å²) in [4.78, 5) is 2.51. The van der Waals surface area contributed by atoms with E-state index in [0.717, 1.165) is 31.9 Å². The number of hydrogen-bond donors (Lipinski definition) is 1. The second-order valence-corrected chi connectivity index (χ2v) is 4.44. The molecule has 1 aromatic rings. The Balaban J connectivity index is 0.00000128. The molecule has 2 heterocycles. The quantitative estimate of drug-likeness (QED) is 0.841. The lowest BCUT2D eigenvalue weighted by Crippen LogP contribution is -2.49. The van der Waals surface area contributed by atoms with Crippen molar-refractivity contribution in [3.8, 4) is 0 Å². The standard InChI is InChI=1S/C11H20N4.ClH/c1-9-6-12-4-5-15(9)8-11-7-14(3)13-10(11)2;/h7,9,12H,4-6,8H2,1-3H3;1H. The van der Waals surface area contributed by atoms with Gasteiger partial charge in [-0.05, 0) is 13.8 Å². The van der Waals surface area contributed by atoms with Crippen LogP contribution in [0.25, 0.3) is 0 Å². The van der Waals surface area contributed by atoms with Gasteiger partial charge in [0.15, 0.2) is 0 Å². The van der Waals surface area contributed by atoms with Crippen LogP contribution in [-0.2, 0) is 13.6 Å². The molecular formula is C11H21ClN4. The molecule has 4 nitrogen and oxygen atoms in total. The average molecular weight is 245 g/mol. The Morgan fingerprint density at radius 3 is 2.88 bits per heavy atom. The van der Waals surface area contributed by atoms with Crippen LogP contribution in [0.15, 0.2) is 6.20 Å². The molecule has 1 atom stereocenters. The van der Waals surface area contributed by atoms with Crippen molar-refractivity contribution in [2.75, 3.05) is 19.6 Å².